The largest absolute Gasteiger partial charge is 0.498 e. The first-order chi connectivity index (χ1) is 24.6. The summed E-state index contributed by atoms with van der Waals surface area (Å²) >= 11 is 0. The van der Waals surface area contributed by atoms with Crippen molar-refractivity contribution < 1.29 is 33.6 Å². The molecule has 1 N–H and O–H groups in total. The van der Waals surface area contributed by atoms with Gasteiger partial charge in [0.15, 0.2) is 0 Å². The number of rotatable bonds is 37. The van der Waals surface area contributed by atoms with Crippen LogP contribution in [0.2, 0.25) is 0 Å². The van der Waals surface area contributed by atoms with E-state index >= 15 is 0 Å². The highest BCUT2D eigenvalue weighted by atomic mass is 16.5. The van der Waals surface area contributed by atoms with Crippen LogP contribution in [0.15, 0.2) is 23.5 Å². The minimum Gasteiger partial charge on any atom is -0.498 e. The van der Waals surface area contributed by atoms with E-state index in [1.807, 2.05) is 12.2 Å². The highest BCUT2D eigenvalue weighted by Gasteiger charge is 2.17. The normalized spacial score (nSPS) is 14.3. The maximum atomic E-state index is 11.9. The number of hydrogen-bond acceptors (Lipinski definition) is 7. The van der Waals surface area contributed by atoms with E-state index in [0.29, 0.717) is 39.3 Å². The molecule has 0 spiro atoms. The van der Waals surface area contributed by atoms with Crippen LogP contribution in [-0.2, 0) is 28.5 Å². The first-order valence-corrected chi connectivity index (χ1v) is 21.2. The number of aliphatic hydroxyl groups is 1. The maximum absolute atomic E-state index is 11.9. The van der Waals surface area contributed by atoms with Crippen LogP contribution in [0.5, 0.6) is 0 Å². The van der Waals surface area contributed by atoms with Crippen LogP contribution in [0.25, 0.3) is 0 Å². The summed E-state index contributed by atoms with van der Waals surface area (Å²) in [4.78, 5) is 23.8. The van der Waals surface area contributed by atoms with E-state index in [2.05, 4.69) is 13.8 Å². The Morgan fingerprint density at radius 1 is 0.560 bits per heavy atom. The molecule has 0 aromatic carbocycles. The Labute approximate surface area is 307 Å². The summed E-state index contributed by atoms with van der Waals surface area (Å²) in [6.45, 7) is 6.96. The minimum atomic E-state index is -0.0439. The summed E-state index contributed by atoms with van der Waals surface area (Å²) in [7, 11) is 0. The van der Waals surface area contributed by atoms with Crippen LogP contribution in [0.1, 0.15) is 200 Å². The Morgan fingerprint density at radius 3 is 1.42 bits per heavy atom. The van der Waals surface area contributed by atoms with Crippen molar-refractivity contribution in [2.24, 2.45) is 0 Å². The van der Waals surface area contributed by atoms with Crippen LogP contribution in [-0.4, -0.2) is 56.2 Å². The van der Waals surface area contributed by atoms with E-state index in [1.165, 1.54) is 70.6 Å². The lowest BCUT2D eigenvalue weighted by atomic mass is 10.0. The standard InChI is InChI=1S/C43H78O7/c1-3-5-7-9-11-17-23-29-42(45)49-33-27-21-15-13-19-25-31-47-40-35-39(38-44)36-41(37-40)48-32-26-20-14-16-22-28-34-50-43(46)30-24-18-12-10-8-6-4-2/h35-36,40,44H,3-34,37-38H2,1-2H3. The number of carbonyl (C=O) groups is 2. The molecule has 1 atom stereocenters. The molecule has 0 saturated carbocycles. The Morgan fingerprint density at radius 2 is 0.960 bits per heavy atom. The summed E-state index contributed by atoms with van der Waals surface area (Å²) in [6.07, 6.45) is 35.8. The van der Waals surface area contributed by atoms with Crippen molar-refractivity contribution in [1.29, 1.82) is 0 Å². The SMILES string of the molecule is CCCCCCCCCC(=O)OCCCCCCCCOC1=CC(CO)=CC(OCCCCCCCCOC(=O)CCCCCCCCC)C1. The summed E-state index contributed by atoms with van der Waals surface area (Å²) in [5, 5.41) is 9.73. The van der Waals surface area contributed by atoms with Crippen molar-refractivity contribution >= 4 is 11.9 Å². The molecule has 50 heavy (non-hydrogen) atoms. The average Bonchev–Trinajstić information content (AvgIpc) is 3.12. The van der Waals surface area contributed by atoms with E-state index < -0.39 is 0 Å². The average molecular weight is 707 g/mol. The van der Waals surface area contributed by atoms with Crippen molar-refractivity contribution in [3.05, 3.63) is 23.5 Å². The lowest BCUT2D eigenvalue weighted by Gasteiger charge is -2.22. The molecule has 0 fully saturated rings. The molecule has 7 heteroatoms. The van der Waals surface area contributed by atoms with Crippen molar-refractivity contribution in [2.45, 2.75) is 206 Å². The van der Waals surface area contributed by atoms with Crippen LogP contribution < -0.4 is 0 Å². The third-order valence-electron chi connectivity index (χ3n) is 9.52. The monoisotopic (exact) mass is 707 g/mol. The molecular formula is C43H78O7. The van der Waals surface area contributed by atoms with E-state index in [9.17, 15) is 14.7 Å². The zero-order valence-corrected chi connectivity index (χ0v) is 32.7. The van der Waals surface area contributed by atoms with Gasteiger partial charge in [-0.25, -0.2) is 0 Å². The lowest BCUT2D eigenvalue weighted by molar-refractivity contribution is -0.144. The number of esters is 2. The third-order valence-corrected chi connectivity index (χ3v) is 9.52. The Kier molecular flexibility index (Phi) is 32.8. The van der Waals surface area contributed by atoms with Gasteiger partial charge >= 0.3 is 11.9 Å². The Balaban J connectivity index is 1.95. The van der Waals surface area contributed by atoms with Gasteiger partial charge in [0.05, 0.1) is 38.3 Å². The van der Waals surface area contributed by atoms with Crippen LogP contribution in [0.4, 0.5) is 0 Å². The molecule has 0 heterocycles. The van der Waals surface area contributed by atoms with Crippen LogP contribution in [0, 0.1) is 0 Å². The quantitative estimate of drug-likeness (QED) is 0.0508. The Bertz CT molecular complexity index is 852. The van der Waals surface area contributed by atoms with Crippen molar-refractivity contribution in [2.75, 3.05) is 33.0 Å². The molecule has 0 amide bonds. The van der Waals surface area contributed by atoms with E-state index in [0.717, 1.165) is 114 Å². The van der Waals surface area contributed by atoms with Gasteiger partial charge in [0, 0.05) is 25.9 Å². The van der Waals surface area contributed by atoms with Crippen molar-refractivity contribution in [3.8, 4) is 0 Å². The zero-order chi connectivity index (χ0) is 36.2. The number of aliphatic hydroxyl groups excluding tert-OH is 1. The molecule has 7 nitrogen and oxygen atoms in total. The second-order valence-corrected chi connectivity index (χ2v) is 14.4. The fourth-order valence-corrected chi connectivity index (χ4v) is 6.35. The molecule has 1 rings (SSSR count). The Hall–Kier alpha value is -1.86. The minimum absolute atomic E-state index is 0.00437. The molecule has 292 valence electrons. The number of hydrogen-bond donors (Lipinski definition) is 1. The number of carbonyl (C=O) groups excluding carboxylic acids is 2. The second-order valence-electron chi connectivity index (χ2n) is 14.4. The van der Waals surface area contributed by atoms with Crippen LogP contribution >= 0.6 is 0 Å². The first-order valence-electron chi connectivity index (χ1n) is 21.2. The molecule has 1 unspecified atom stereocenters. The topological polar surface area (TPSA) is 91.3 Å². The molecule has 0 aliphatic heterocycles. The fraction of sp³-hybridized carbons (Fsp3) is 0.860. The number of ether oxygens (including phenoxy) is 4. The van der Waals surface area contributed by atoms with Gasteiger partial charge in [0.25, 0.3) is 0 Å². The maximum Gasteiger partial charge on any atom is 0.305 e. The van der Waals surface area contributed by atoms with Crippen molar-refractivity contribution in [1.82, 2.24) is 0 Å². The predicted molar refractivity (Wildman–Crippen MR) is 206 cm³/mol. The van der Waals surface area contributed by atoms with Gasteiger partial charge in [-0.1, -0.05) is 142 Å². The fourth-order valence-electron chi connectivity index (χ4n) is 6.35. The highest BCUT2D eigenvalue weighted by molar-refractivity contribution is 5.69. The second kappa shape index (κ2) is 35.5. The number of unbranched alkanes of at least 4 members (excludes halogenated alkanes) is 22. The predicted octanol–water partition coefficient (Wildman–Crippen LogP) is 11.6. The molecule has 1 aliphatic carbocycles. The van der Waals surface area contributed by atoms with Gasteiger partial charge in [0.2, 0.25) is 0 Å². The first kappa shape index (κ1) is 46.2. The van der Waals surface area contributed by atoms with Gasteiger partial charge in [-0.15, -0.1) is 0 Å². The summed E-state index contributed by atoms with van der Waals surface area (Å²) in [6, 6.07) is 0. The van der Waals surface area contributed by atoms with Gasteiger partial charge in [-0.3, -0.25) is 9.59 Å². The molecule has 0 saturated heterocycles. The van der Waals surface area contributed by atoms with Gasteiger partial charge < -0.3 is 24.1 Å². The van der Waals surface area contributed by atoms with E-state index in [4.69, 9.17) is 18.9 Å². The summed E-state index contributed by atoms with van der Waals surface area (Å²) in [5.74, 6) is 0.837. The smallest absolute Gasteiger partial charge is 0.305 e. The highest BCUT2D eigenvalue weighted by Crippen LogP contribution is 2.22. The van der Waals surface area contributed by atoms with Gasteiger partial charge in [-0.05, 0) is 56.3 Å². The van der Waals surface area contributed by atoms with Gasteiger partial charge in [0.1, 0.15) is 0 Å². The summed E-state index contributed by atoms with van der Waals surface area (Å²) < 4.78 is 23.0. The molecule has 0 aromatic rings. The molecule has 1 aliphatic rings. The lowest BCUT2D eigenvalue weighted by Crippen LogP contribution is -2.18. The van der Waals surface area contributed by atoms with E-state index in [-0.39, 0.29) is 24.6 Å². The molecule has 0 bridgehead atoms. The molecule has 0 radical (unpaired) electrons. The zero-order valence-electron chi connectivity index (χ0n) is 32.7. The van der Waals surface area contributed by atoms with Crippen LogP contribution in [0.3, 0.4) is 0 Å². The molecular weight excluding hydrogens is 628 g/mol. The van der Waals surface area contributed by atoms with Gasteiger partial charge in [-0.2, -0.15) is 0 Å². The molecule has 0 aromatic heterocycles. The van der Waals surface area contributed by atoms with E-state index in [1.54, 1.807) is 0 Å². The van der Waals surface area contributed by atoms with Crippen molar-refractivity contribution in [3.63, 3.8) is 0 Å². The summed E-state index contributed by atoms with van der Waals surface area (Å²) in [5.41, 5.74) is 0.863. The third kappa shape index (κ3) is 29.8.